The molecule has 0 saturated heterocycles. The number of aromatic amines is 2. The number of nitrogens with zero attached hydrogens (tertiary/aromatic N) is 1. The van der Waals surface area contributed by atoms with Crippen LogP contribution in [0.5, 0.6) is 5.75 Å². The lowest BCUT2D eigenvalue weighted by atomic mass is 9.87. The highest BCUT2D eigenvalue weighted by atomic mass is 35.5. The summed E-state index contributed by atoms with van der Waals surface area (Å²) >= 11 is 6.57. The Morgan fingerprint density at radius 3 is 2.50 bits per heavy atom. The molecule has 0 atom stereocenters. The number of H-pyrrole nitrogens is 2. The minimum atomic E-state index is -0.466. The van der Waals surface area contributed by atoms with Gasteiger partial charge in [0, 0.05) is 41.5 Å². The fourth-order valence-electron chi connectivity index (χ4n) is 7.56. The van der Waals surface area contributed by atoms with Gasteiger partial charge in [-0.1, -0.05) is 67.1 Å². The van der Waals surface area contributed by atoms with E-state index in [1.54, 1.807) is 12.3 Å². The first kappa shape index (κ1) is 38.6. The van der Waals surface area contributed by atoms with Crippen LogP contribution in [-0.2, 0) is 22.5 Å². The van der Waals surface area contributed by atoms with Crippen LogP contribution >= 0.6 is 11.6 Å². The van der Waals surface area contributed by atoms with E-state index in [0.717, 1.165) is 66.5 Å². The van der Waals surface area contributed by atoms with Gasteiger partial charge in [0.1, 0.15) is 24.0 Å². The first-order valence-corrected chi connectivity index (χ1v) is 19.5. The van der Waals surface area contributed by atoms with Gasteiger partial charge in [-0.2, -0.15) is 5.10 Å². The number of nitrogens with one attached hydrogen (secondary N) is 4. The lowest BCUT2D eigenvalue weighted by Crippen LogP contribution is -2.27. The van der Waals surface area contributed by atoms with Crippen molar-refractivity contribution >= 4 is 56.4 Å². The molecule has 58 heavy (non-hydrogen) atoms. The van der Waals surface area contributed by atoms with E-state index < -0.39 is 5.82 Å². The number of aromatic nitrogens is 3. The molecule has 8 rings (SSSR count). The molecule has 0 spiro atoms. The topological polar surface area (TPSA) is 121 Å². The van der Waals surface area contributed by atoms with Crippen LogP contribution in [0.25, 0.3) is 44.2 Å². The number of fused-ring (bicyclic) bond motifs is 1. The summed E-state index contributed by atoms with van der Waals surface area (Å²) in [7, 11) is 0. The number of hydrogen-bond donors (Lipinski definition) is 4. The molecule has 9 nitrogen and oxygen atoms in total. The number of benzene rings is 5. The smallest absolute Gasteiger partial charge is 0.252 e. The molecule has 0 unspecified atom stereocenters. The summed E-state index contributed by atoms with van der Waals surface area (Å²) < 4.78 is 39.9. The molecule has 3 heterocycles. The average Bonchev–Trinajstić information content (AvgIpc) is 3.81. The summed E-state index contributed by atoms with van der Waals surface area (Å²) in [6.07, 6.45) is 3.66. The lowest BCUT2D eigenvalue weighted by molar-refractivity contribution is -0.125. The van der Waals surface area contributed by atoms with Gasteiger partial charge in [-0.3, -0.25) is 14.7 Å². The zero-order chi connectivity index (χ0) is 40.2. The number of ether oxygens (including phenoxy) is 2. The van der Waals surface area contributed by atoms with Gasteiger partial charge >= 0.3 is 0 Å². The Hall–Kier alpha value is -6.30. The van der Waals surface area contributed by atoms with Crippen LogP contribution in [0.15, 0.2) is 103 Å². The van der Waals surface area contributed by atoms with Crippen LogP contribution in [0.3, 0.4) is 0 Å². The van der Waals surface area contributed by atoms with Crippen molar-refractivity contribution in [3.05, 3.63) is 153 Å². The molecule has 5 aromatic carbocycles. The lowest BCUT2D eigenvalue weighted by Gasteiger charge is -2.18. The van der Waals surface area contributed by atoms with Crippen LogP contribution in [0.2, 0.25) is 5.02 Å². The van der Waals surface area contributed by atoms with Crippen molar-refractivity contribution in [2.24, 2.45) is 0 Å². The Bertz CT molecular complexity index is 2670. The van der Waals surface area contributed by atoms with Gasteiger partial charge in [0.2, 0.25) is 5.91 Å². The van der Waals surface area contributed by atoms with Crippen LogP contribution in [0.4, 0.5) is 8.78 Å². The number of amides is 2. The summed E-state index contributed by atoms with van der Waals surface area (Å²) in [5.74, 6) is -0.664. The quantitative estimate of drug-likeness (QED) is 0.0646. The number of hydrogen-bond acceptors (Lipinski definition) is 5. The predicted octanol–water partition coefficient (Wildman–Crippen LogP) is 9.40. The first-order valence-electron chi connectivity index (χ1n) is 19.2. The molecule has 294 valence electrons. The SMILES string of the molecule is CC/C(=C(/c1ccc(OCCCOCC(=O)NCc2ccc(-c3[nH]c4cc(F)cc5c4c3CCNC5=O)cc2)cc1)c1ccc2[nH]ncc2c1)c1ccc(F)cc1Cl. The Labute approximate surface area is 338 Å². The van der Waals surface area contributed by atoms with Crippen LogP contribution < -0.4 is 15.4 Å². The zero-order valence-electron chi connectivity index (χ0n) is 31.7. The number of allylic oxidation sites excluding steroid dienone is 1. The average molecular weight is 800 g/mol. The van der Waals surface area contributed by atoms with Gasteiger partial charge in [-0.15, -0.1) is 0 Å². The van der Waals surface area contributed by atoms with E-state index in [4.69, 9.17) is 21.1 Å². The molecule has 4 N–H and O–H groups in total. The summed E-state index contributed by atoms with van der Waals surface area (Å²) in [5.41, 5.74) is 10.2. The molecular formula is C46H40ClF2N5O4. The van der Waals surface area contributed by atoms with Gasteiger partial charge in [-0.05, 0) is 106 Å². The number of halogens is 3. The van der Waals surface area contributed by atoms with E-state index >= 15 is 0 Å². The number of rotatable bonds is 14. The summed E-state index contributed by atoms with van der Waals surface area (Å²) in [6, 6.07) is 28.9. The molecule has 2 aromatic heterocycles. The van der Waals surface area contributed by atoms with Crippen LogP contribution in [0, 0.1) is 11.6 Å². The van der Waals surface area contributed by atoms with Gasteiger partial charge in [-0.25, -0.2) is 8.78 Å². The zero-order valence-corrected chi connectivity index (χ0v) is 32.4. The van der Waals surface area contributed by atoms with E-state index in [9.17, 15) is 18.4 Å². The summed E-state index contributed by atoms with van der Waals surface area (Å²) in [6.45, 7) is 3.53. The van der Waals surface area contributed by atoms with Crippen molar-refractivity contribution in [1.29, 1.82) is 0 Å². The molecule has 0 fully saturated rings. The van der Waals surface area contributed by atoms with Gasteiger partial charge < -0.3 is 25.1 Å². The maximum Gasteiger partial charge on any atom is 0.252 e. The highest BCUT2D eigenvalue weighted by molar-refractivity contribution is 6.32. The molecule has 1 aliphatic rings. The van der Waals surface area contributed by atoms with Crippen molar-refractivity contribution in [3.63, 3.8) is 0 Å². The molecule has 0 radical (unpaired) electrons. The largest absolute Gasteiger partial charge is 0.494 e. The second-order valence-electron chi connectivity index (χ2n) is 14.1. The number of carbonyl (C=O) groups is 2. The van der Waals surface area contributed by atoms with Crippen molar-refractivity contribution in [2.75, 3.05) is 26.4 Å². The van der Waals surface area contributed by atoms with Crippen molar-refractivity contribution < 1.29 is 27.8 Å². The summed E-state index contributed by atoms with van der Waals surface area (Å²) in [5, 5.41) is 15.0. The minimum Gasteiger partial charge on any atom is -0.494 e. The van der Waals surface area contributed by atoms with Crippen molar-refractivity contribution in [3.8, 4) is 17.0 Å². The third-order valence-corrected chi connectivity index (χ3v) is 10.6. The van der Waals surface area contributed by atoms with Crippen molar-refractivity contribution in [1.82, 2.24) is 25.8 Å². The Kier molecular flexibility index (Phi) is 11.3. The van der Waals surface area contributed by atoms with E-state index in [2.05, 4.69) is 38.8 Å². The molecule has 2 amide bonds. The summed E-state index contributed by atoms with van der Waals surface area (Å²) in [4.78, 5) is 28.4. The molecular weight excluding hydrogens is 760 g/mol. The van der Waals surface area contributed by atoms with Gasteiger partial charge in [0.05, 0.1) is 35.5 Å². The van der Waals surface area contributed by atoms with E-state index in [1.165, 1.54) is 24.3 Å². The Morgan fingerprint density at radius 2 is 1.71 bits per heavy atom. The first-order chi connectivity index (χ1) is 28.2. The maximum absolute atomic E-state index is 14.3. The molecule has 7 aromatic rings. The normalized spacial score (nSPS) is 13.0. The van der Waals surface area contributed by atoms with Crippen molar-refractivity contribution in [2.45, 2.75) is 32.7 Å². The van der Waals surface area contributed by atoms with E-state index in [-0.39, 0.29) is 24.2 Å². The molecule has 1 aliphatic heterocycles. The molecule has 0 saturated carbocycles. The highest BCUT2D eigenvalue weighted by Gasteiger charge is 2.23. The van der Waals surface area contributed by atoms with Crippen LogP contribution in [0.1, 0.15) is 57.9 Å². The monoisotopic (exact) mass is 799 g/mol. The van der Waals surface area contributed by atoms with E-state index in [0.29, 0.717) is 67.4 Å². The second kappa shape index (κ2) is 17.1. The van der Waals surface area contributed by atoms with E-state index in [1.807, 2.05) is 60.7 Å². The standard InChI is InChI=1S/C46H40ClF2N5O4/c1-2-35(36-14-11-32(48)22-39(36)47)43(30-10-15-40-31(20-30)25-52-54-40)28-8-12-34(13-9-28)58-19-3-18-57-26-42(55)51-24-27-4-6-29(7-5-27)45-37-16-17-50-46(56)38-21-33(49)23-41(53-45)44(37)38/h4-15,20-23,25,53H,2-3,16-19,24,26H2,1H3,(H,50,56)(H,51,55)(H,52,54)/b43-35+. The van der Waals surface area contributed by atoms with Gasteiger partial charge in [0.15, 0.2) is 0 Å². The van der Waals surface area contributed by atoms with Gasteiger partial charge in [0.25, 0.3) is 5.91 Å². The maximum atomic E-state index is 14.3. The number of carbonyl (C=O) groups excluding carboxylic acids is 2. The second-order valence-corrected chi connectivity index (χ2v) is 14.5. The Morgan fingerprint density at radius 1 is 0.897 bits per heavy atom. The molecule has 0 aliphatic carbocycles. The minimum absolute atomic E-state index is 0.0750. The fourth-order valence-corrected chi connectivity index (χ4v) is 7.84. The highest BCUT2D eigenvalue weighted by Crippen LogP contribution is 2.39. The third-order valence-electron chi connectivity index (χ3n) is 10.3. The third kappa shape index (κ3) is 8.23. The molecule has 0 bridgehead atoms. The predicted molar refractivity (Wildman–Crippen MR) is 223 cm³/mol. The molecule has 12 heteroatoms. The Balaban J connectivity index is 0.828. The fraction of sp³-hybridized carbons (Fsp3) is 0.196. The van der Waals surface area contributed by atoms with Crippen LogP contribution in [-0.4, -0.2) is 53.4 Å².